The van der Waals surface area contributed by atoms with Gasteiger partial charge in [-0.25, -0.2) is 0 Å². The van der Waals surface area contributed by atoms with E-state index in [0.717, 1.165) is 20.8 Å². The molecule has 0 bridgehead atoms. The molecule has 3 heteroatoms. The maximum absolute atomic E-state index is 3.60. The summed E-state index contributed by atoms with van der Waals surface area (Å²) >= 11 is 7.20. The number of halogens is 2. The van der Waals surface area contributed by atoms with E-state index < -0.39 is 0 Å². The van der Waals surface area contributed by atoms with Gasteiger partial charge < -0.3 is 5.32 Å². The van der Waals surface area contributed by atoms with Crippen LogP contribution in [0.2, 0.25) is 0 Å². The lowest BCUT2D eigenvalue weighted by Crippen LogP contribution is -2.29. The molecule has 0 saturated heterocycles. The molecule has 0 spiro atoms. The average molecular weight is 389 g/mol. The van der Waals surface area contributed by atoms with Crippen molar-refractivity contribution in [3.8, 4) is 0 Å². The first kappa shape index (κ1) is 15.5. The van der Waals surface area contributed by atoms with E-state index in [1.165, 1.54) is 37.7 Å². The molecule has 106 valence electrons. The molecule has 1 nitrogen and oxygen atoms in total. The molecule has 0 heterocycles. The Morgan fingerprint density at radius 3 is 2.47 bits per heavy atom. The highest BCUT2D eigenvalue weighted by atomic mass is 79.9. The molecule has 2 rings (SSSR count). The molecule has 1 aliphatic carbocycles. The van der Waals surface area contributed by atoms with Crippen LogP contribution >= 0.6 is 31.9 Å². The molecule has 0 amide bonds. The molecule has 0 aliphatic heterocycles. The molecule has 1 aliphatic rings. The van der Waals surface area contributed by atoms with Gasteiger partial charge in [-0.3, -0.25) is 0 Å². The van der Waals surface area contributed by atoms with Crippen LogP contribution in [-0.4, -0.2) is 7.05 Å². The van der Waals surface area contributed by atoms with E-state index in [9.17, 15) is 0 Å². The summed E-state index contributed by atoms with van der Waals surface area (Å²) in [5.41, 5.74) is 1.39. The Labute approximate surface area is 133 Å². The predicted molar refractivity (Wildman–Crippen MR) is 89.4 cm³/mol. The van der Waals surface area contributed by atoms with Crippen LogP contribution in [0.3, 0.4) is 0 Å². The highest BCUT2D eigenvalue weighted by molar-refractivity contribution is 9.11. The fourth-order valence-electron chi connectivity index (χ4n) is 3.44. The number of nitrogens with one attached hydrogen (secondary N) is 1. The first-order valence-electron chi connectivity index (χ1n) is 7.27. The molecule has 0 aromatic heterocycles. The maximum atomic E-state index is 3.60. The molecule has 1 fully saturated rings. The van der Waals surface area contributed by atoms with E-state index in [4.69, 9.17) is 0 Å². The first-order valence-corrected chi connectivity index (χ1v) is 8.86. The zero-order valence-corrected chi connectivity index (χ0v) is 14.9. The van der Waals surface area contributed by atoms with Gasteiger partial charge in [-0.05, 0) is 55.5 Å². The smallest absolute Gasteiger partial charge is 0.0347 e. The van der Waals surface area contributed by atoms with E-state index in [1.807, 2.05) is 0 Å². The maximum Gasteiger partial charge on any atom is 0.0347 e. The highest BCUT2D eigenvalue weighted by Crippen LogP contribution is 2.39. The fourth-order valence-corrected chi connectivity index (χ4v) is 4.76. The lowest BCUT2D eigenvalue weighted by molar-refractivity contribution is 0.214. The molecular formula is C16H23Br2N. The van der Waals surface area contributed by atoms with Crippen molar-refractivity contribution in [2.45, 2.75) is 45.1 Å². The van der Waals surface area contributed by atoms with Crippen molar-refractivity contribution in [1.82, 2.24) is 5.32 Å². The van der Waals surface area contributed by atoms with Gasteiger partial charge in [0.05, 0.1) is 0 Å². The summed E-state index contributed by atoms with van der Waals surface area (Å²) in [5.74, 6) is 1.69. The Morgan fingerprint density at radius 2 is 1.89 bits per heavy atom. The molecule has 1 aromatic rings. The van der Waals surface area contributed by atoms with Gasteiger partial charge in [0.1, 0.15) is 0 Å². The molecule has 1 aromatic carbocycles. The van der Waals surface area contributed by atoms with Crippen molar-refractivity contribution in [1.29, 1.82) is 0 Å². The second-order valence-electron chi connectivity index (χ2n) is 5.67. The van der Waals surface area contributed by atoms with E-state index in [0.29, 0.717) is 6.04 Å². The monoisotopic (exact) mass is 387 g/mol. The number of benzene rings is 1. The summed E-state index contributed by atoms with van der Waals surface area (Å²) in [6, 6.07) is 7.08. The number of hydrogen-bond acceptors (Lipinski definition) is 1. The minimum Gasteiger partial charge on any atom is -0.313 e. The van der Waals surface area contributed by atoms with Gasteiger partial charge in [0.2, 0.25) is 0 Å². The topological polar surface area (TPSA) is 12.0 Å². The zero-order chi connectivity index (χ0) is 13.8. The number of hydrogen-bond donors (Lipinski definition) is 1. The van der Waals surface area contributed by atoms with E-state index in [2.05, 4.69) is 69.3 Å². The molecule has 19 heavy (non-hydrogen) atoms. The quantitative estimate of drug-likeness (QED) is 0.698. The van der Waals surface area contributed by atoms with Crippen LogP contribution < -0.4 is 5.32 Å². The van der Waals surface area contributed by atoms with Crippen LogP contribution in [0.4, 0.5) is 0 Å². The third-order valence-electron chi connectivity index (χ3n) is 4.43. The van der Waals surface area contributed by atoms with Gasteiger partial charge in [-0.2, -0.15) is 0 Å². The summed E-state index contributed by atoms with van der Waals surface area (Å²) in [4.78, 5) is 0. The van der Waals surface area contributed by atoms with Crippen LogP contribution in [0, 0.1) is 11.8 Å². The van der Waals surface area contributed by atoms with Crippen molar-refractivity contribution in [3.05, 3.63) is 32.7 Å². The third kappa shape index (κ3) is 4.05. The first-order chi connectivity index (χ1) is 9.13. The van der Waals surface area contributed by atoms with E-state index in [1.54, 1.807) is 0 Å². The van der Waals surface area contributed by atoms with Crippen molar-refractivity contribution >= 4 is 31.9 Å². The Hall–Kier alpha value is 0.140. The third-order valence-corrected chi connectivity index (χ3v) is 5.34. The Kier molecular flexibility index (Phi) is 5.91. The molecular weight excluding hydrogens is 366 g/mol. The van der Waals surface area contributed by atoms with Crippen molar-refractivity contribution < 1.29 is 0 Å². The average Bonchev–Trinajstić information content (AvgIpc) is 2.39. The van der Waals surface area contributed by atoms with E-state index >= 15 is 0 Å². The summed E-state index contributed by atoms with van der Waals surface area (Å²) < 4.78 is 2.31. The second-order valence-corrected chi connectivity index (χ2v) is 7.50. The van der Waals surface area contributed by atoms with Crippen LogP contribution in [-0.2, 0) is 0 Å². The van der Waals surface area contributed by atoms with Gasteiger partial charge in [0.15, 0.2) is 0 Å². The van der Waals surface area contributed by atoms with Gasteiger partial charge >= 0.3 is 0 Å². The normalized spacial score (nSPS) is 25.3. The standard InChI is InChI=1S/C16H23Br2N/c1-3-11-5-4-6-12(7-11)16(19-2)13-8-14(17)10-15(18)9-13/h8-12,16,19H,3-7H2,1-2H3. The summed E-state index contributed by atoms with van der Waals surface area (Å²) in [6.45, 7) is 2.33. The van der Waals surface area contributed by atoms with Crippen molar-refractivity contribution in [3.63, 3.8) is 0 Å². The number of rotatable bonds is 4. The van der Waals surface area contributed by atoms with Crippen LogP contribution in [0.15, 0.2) is 27.1 Å². The predicted octanol–water partition coefficient (Wildman–Crippen LogP) is 5.69. The minimum atomic E-state index is 0.475. The zero-order valence-electron chi connectivity index (χ0n) is 11.8. The Bertz CT molecular complexity index is 399. The minimum absolute atomic E-state index is 0.475. The second kappa shape index (κ2) is 7.24. The van der Waals surface area contributed by atoms with Gasteiger partial charge in [0, 0.05) is 15.0 Å². The summed E-state index contributed by atoms with van der Waals surface area (Å²) in [5, 5.41) is 3.55. The largest absolute Gasteiger partial charge is 0.313 e. The Morgan fingerprint density at radius 1 is 1.21 bits per heavy atom. The van der Waals surface area contributed by atoms with Crippen molar-refractivity contribution in [2.24, 2.45) is 11.8 Å². The molecule has 1 N–H and O–H groups in total. The molecule has 1 saturated carbocycles. The van der Waals surface area contributed by atoms with Crippen LogP contribution in [0.25, 0.3) is 0 Å². The van der Waals surface area contributed by atoms with Gasteiger partial charge in [-0.1, -0.05) is 58.0 Å². The Balaban J connectivity index is 2.18. The summed E-state index contributed by atoms with van der Waals surface area (Å²) in [6.07, 6.45) is 6.86. The van der Waals surface area contributed by atoms with Gasteiger partial charge in [-0.15, -0.1) is 0 Å². The van der Waals surface area contributed by atoms with Crippen LogP contribution in [0.1, 0.15) is 50.6 Å². The molecule has 3 atom stereocenters. The summed E-state index contributed by atoms with van der Waals surface area (Å²) in [7, 11) is 2.09. The lowest BCUT2D eigenvalue weighted by atomic mass is 9.75. The van der Waals surface area contributed by atoms with Crippen molar-refractivity contribution in [2.75, 3.05) is 7.05 Å². The van der Waals surface area contributed by atoms with Crippen LogP contribution in [0.5, 0.6) is 0 Å². The molecule has 3 unspecified atom stereocenters. The highest BCUT2D eigenvalue weighted by Gasteiger charge is 2.28. The fraction of sp³-hybridized carbons (Fsp3) is 0.625. The van der Waals surface area contributed by atoms with Gasteiger partial charge in [0.25, 0.3) is 0 Å². The van der Waals surface area contributed by atoms with E-state index in [-0.39, 0.29) is 0 Å². The molecule has 0 radical (unpaired) electrons. The lowest BCUT2D eigenvalue weighted by Gasteiger charge is -2.34. The SMILES string of the molecule is CCC1CCCC(C(NC)c2cc(Br)cc(Br)c2)C1.